The number of benzene rings is 2. The molecule has 0 atom stereocenters. The number of aryl methyl sites for hydroxylation is 1. The zero-order valence-corrected chi connectivity index (χ0v) is 15.2. The van der Waals surface area contributed by atoms with Crippen LogP contribution in [0.4, 0.5) is 10.1 Å². The Morgan fingerprint density at radius 1 is 1.15 bits per heavy atom. The summed E-state index contributed by atoms with van der Waals surface area (Å²) in [5, 5.41) is 3.25. The number of nitrogens with zero attached hydrogens (tertiary/aromatic N) is 2. The summed E-state index contributed by atoms with van der Waals surface area (Å²) in [6.45, 7) is 0.676. The van der Waals surface area contributed by atoms with Crippen LogP contribution in [-0.4, -0.2) is 15.5 Å². The molecule has 1 amide bonds. The molecule has 1 N–H and O–H groups in total. The molecule has 0 aliphatic carbocycles. The van der Waals surface area contributed by atoms with Gasteiger partial charge < -0.3 is 5.32 Å². The Morgan fingerprint density at radius 3 is 2.81 bits per heavy atom. The Hall–Kier alpha value is -2.73. The molecule has 0 saturated carbocycles. The molecule has 1 aromatic heterocycles. The molecule has 27 heavy (non-hydrogen) atoms. The number of fused-ring (bicyclic) bond motifs is 2. The van der Waals surface area contributed by atoms with Crippen molar-refractivity contribution in [3.8, 4) is 0 Å². The van der Waals surface area contributed by atoms with Crippen LogP contribution in [0.25, 0.3) is 10.9 Å². The molecule has 1 aliphatic heterocycles. The Kier molecular flexibility index (Phi) is 4.66. The van der Waals surface area contributed by atoms with E-state index in [0.29, 0.717) is 23.0 Å². The highest BCUT2D eigenvalue weighted by molar-refractivity contribution is 6.30. The van der Waals surface area contributed by atoms with Crippen molar-refractivity contribution >= 4 is 34.1 Å². The number of carbonyl (C=O) groups excluding carboxylic acids is 1. The van der Waals surface area contributed by atoms with E-state index in [0.717, 1.165) is 37.6 Å². The summed E-state index contributed by atoms with van der Waals surface area (Å²) in [4.78, 5) is 29.8. The number of carbonyl (C=O) groups is 1. The maximum absolute atomic E-state index is 13.9. The smallest absolute Gasteiger partial charge is 0.261 e. The quantitative estimate of drug-likeness (QED) is 0.720. The minimum absolute atomic E-state index is 0.0412. The van der Waals surface area contributed by atoms with Gasteiger partial charge in [0.2, 0.25) is 0 Å². The van der Waals surface area contributed by atoms with E-state index < -0.39 is 11.7 Å². The van der Waals surface area contributed by atoms with Gasteiger partial charge in [-0.25, -0.2) is 9.37 Å². The van der Waals surface area contributed by atoms with Crippen LogP contribution in [0.3, 0.4) is 0 Å². The van der Waals surface area contributed by atoms with Crippen LogP contribution < -0.4 is 10.9 Å². The number of halogens is 2. The van der Waals surface area contributed by atoms with Gasteiger partial charge in [0.15, 0.2) is 0 Å². The molecular weight excluding hydrogens is 369 g/mol. The standard InChI is InChI=1S/C20H17ClFN3O2/c21-13-6-8-16(15(22)11-13)24-19(26)12-5-7-14-17(10-12)23-18-4-2-1-3-9-25(18)20(14)27/h5-8,10-11H,1-4,9H2,(H,24,26). The van der Waals surface area contributed by atoms with Crippen LogP contribution >= 0.6 is 11.6 Å². The number of anilines is 1. The zero-order valence-electron chi connectivity index (χ0n) is 14.5. The number of nitrogens with one attached hydrogen (secondary N) is 1. The summed E-state index contributed by atoms with van der Waals surface area (Å²) < 4.78 is 15.6. The van der Waals surface area contributed by atoms with Crippen LogP contribution in [0.5, 0.6) is 0 Å². The van der Waals surface area contributed by atoms with Crippen molar-refractivity contribution in [1.29, 1.82) is 0 Å². The van der Waals surface area contributed by atoms with Crippen molar-refractivity contribution in [2.24, 2.45) is 0 Å². The van der Waals surface area contributed by atoms with Crippen LogP contribution in [0.1, 0.15) is 35.4 Å². The molecule has 0 bridgehead atoms. The number of hydrogen-bond acceptors (Lipinski definition) is 3. The van der Waals surface area contributed by atoms with Crippen molar-refractivity contribution in [1.82, 2.24) is 9.55 Å². The van der Waals surface area contributed by atoms with Crippen LogP contribution in [-0.2, 0) is 13.0 Å². The second kappa shape index (κ2) is 7.12. The predicted octanol–water partition coefficient (Wildman–Crippen LogP) is 4.17. The molecule has 0 radical (unpaired) electrons. The first-order valence-corrected chi connectivity index (χ1v) is 9.20. The van der Waals surface area contributed by atoms with Gasteiger partial charge in [-0.3, -0.25) is 14.2 Å². The van der Waals surface area contributed by atoms with Gasteiger partial charge in [0.25, 0.3) is 11.5 Å². The monoisotopic (exact) mass is 385 g/mol. The van der Waals surface area contributed by atoms with E-state index in [9.17, 15) is 14.0 Å². The van der Waals surface area contributed by atoms with Gasteiger partial charge in [-0.1, -0.05) is 18.0 Å². The van der Waals surface area contributed by atoms with Gasteiger partial charge >= 0.3 is 0 Å². The van der Waals surface area contributed by atoms with Gasteiger partial charge in [-0.2, -0.15) is 0 Å². The first kappa shape index (κ1) is 17.7. The molecular formula is C20H17ClFN3O2. The molecule has 0 fully saturated rings. The van der Waals surface area contributed by atoms with Gasteiger partial charge in [-0.05, 0) is 49.2 Å². The molecule has 2 heterocycles. The maximum Gasteiger partial charge on any atom is 0.261 e. The first-order chi connectivity index (χ1) is 13.0. The third-order valence-corrected chi connectivity index (χ3v) is 4.99. The highest BCUT2D eigenvalue weighted by Gasteiger charge is 2.16. The molecule has 7 heteroatoms. The van der Waals surface area contributed by atoms with Crippen molar-refractivity contribution in [3.05, 3.63) is 69.0 Å². The van der Waals surface area contributed by atoms with Gasteiger partial charge in [0.1, 0.15) is 11.6 Å². The summed E-state index contributed by atoms with van der Waals surface area (Å²) in [6.07, 6.45) is 3.78. The molecule has 1 aliphatic rings. The van der Waals surface area contributed by atoms with Crippen molar-refractivity contribution in [2.45, 2.75) is 32.2 Å². The summed E-state index contributed by atoms with van der Waals surface area (Å²) in [5.74, 6) is -0.334. The minimum Gasteiger partial charge on any atom is -0.319 e. The van der Waals surface area contributed by atoms with Gasteiger partial charge in [0, 0.05) is 23.6 Å². The second-order valence-electron chi connectivity index (χ2n) is 6.61. The largest absolute Gasteiger partial charge is 0.319 e. The fraction of sp³-hybridized carbons (Fsp3) is 0.250. The summed E-state index contributed by atoms with van der Waals surface area (Å²) >= 11 is 5.73. The van der Waals surface area contributed by atoms with Crippen molar-refractivity contribution < 1.29 is 9.18 Å². The number of amides is 1. The Balaban J connectivity index is 1.70. The second-order valence-corrected chi connectivity index (χ2v) is 7.04. The van der Waals surface area contributed by atoms with Crippen LogP contribution in [0, 0.1) is 5.82 Å². The van der Waals surface area contributed by atoms with E-state index in [1.54, 1.807) is 22.8 Å². The molecule has 0 saturated heterocycles. The van der Waals surface area contributed by atoms with Gasteiger partial charge in [0.05, 0.1) is 16.6 Å². The molecule has 5 nitrogen and oxygen atoms in total. The number of rotatable bonds is 2. The van der Waals surface area contributed by atoms with Crippen LogP contribution in [0.2, 0.25) is 5.02 Å². The average Bonchev–Trinajstić information content (AvgIpc) is 2.89. The molecule has 4 rings (SSSR count). The average molecular weight is 386 g/mol. The lowest BCUT2D eigenvalue weighted by Gasteiger charge is -2.11. The topological polar surface area (TPSA) is 64.0 Å². The van der Waals surface area contributed by atoms with Crippen LogP contribution in [0.15, 0.2) is 41.2 Å². The normalized spacial score (nSPS) is 13.9. The fourth-order valence-electron chi connectivity index (χ4n) is 3.34. The first-order valence-electron chi connectivity index (χ1n) is 8.83. The SMILES string of the molecule is O=C(Nc1ccc(Cl)cc1F)c1ccc2c(=O)n3c(nc2c1)CCCCC3. The lowest BCUT2D eigenvalue weighted by molar-refractivity contribution is 0.102. The minimum atomic E-state index is -0.613. The zero-order chi connectivity index (χ0) is 19.0. The Labute approximate surface area is 159 Å². The lowest BCUT2D eigenvalue weighted by Crippen LogP contribution is -2.24. The van der Waals surface area contributed by atoms with E-state index in [-0.39, 0.29) is 16.3 Å². The Morgan fingerprint density at radius 2 is 2.00 bits per heavy atom. The molecule has 0 spiro atoms. The fourth-order valence-corrected chi connectivity index (χ4v) is 3.50. The molecule has 0 unspecified atom stereocenters. The third-order valence-electron chi connectivity index (χ3n) is 4.76. The number of hydrogen-bond donors (Lipinski definition) is 1. The van der Waals surface area contributed by atoms with E-state index in [1.807, 2.05) is 0 Å². The van der Waals surface area contributed by atoms with E-state index in [4.69, 9.17) is 11.6 Å². The molecule has 2 aromatic carbocycles. The predicted molar refractivity (Wildman–Crippen MR) is 103 cm³/mol. The van der Waals surface area contributed by atoms with Crippen molar-refractivity contribution in [2.75, 3.05) is 5.32 Å². The Bertz CT molecular complexity index is 1110. The van der Waals surface area contributed by atoms with Gasteiger partial charge in [-0.15, -0.1) is 0 Å². The highest BCUT2D eigenvalue weighted by atomic mass is 35.5. The third kappa shape index (κ3) is 3.45. The summed E-state index contributed by atoms with van der Waals surface area (Å²) in [6, 6.07) is 8.77. The lowest BCUT2D eigenvalue weighted by atomic mass is 10.1. The van der Waals surface area contributed by atoms with Crippen molar-refractivity contribution in [3.63, 3.8) is 0 Å². The van der Waals surface area contributed by atoms with E-state index >= 15 is 0 Å². The molecule has 138 valence electrons. The summed E-state index contributed by atoms with van der Waals surface area (Å²) in [7, 11) is 0. The number of aromatic nitrogens is 2. The summed E-state index contributed by atoms with van der Waals surface area (Å²) in [5.41, 5.74) is 0.756. The van der Waals surface area contributed by atoms with E-state index in [1.165, 1.54) is 12.1 Å². The molecule has 3 aromatic rings. The maximum atomic E-state index is 13.9. The highest BCUT2D eigenvalue weighted by Crippen LogP contribution is 2.21. The van der Waals surface area contributed by atoms with E-state index in [2.05, 4.69) is 10.3 Å².